The fourth-order valence-electron chi connectivity index (χ4n) is 2.25. The van der Waals surface area contributed by atoms with Crippen molar-refractivity contribution in [2.45, 2.75) is 44.8 Å². The molecule has 2 unspecified atom stereocenters. The summed E-state index contributed by atoms with van der Waals surface area (Å²) < 4.78 is 4.79. The molecule has 2 atom stereocenters. The zero-order valence-corrected chi connectivity index (χ0v) is 10.5. The lowest BCUT2D eigenvalue weighted by molar-refractivity contribution is -0.145. The molecule has 1 fully saturated rings. The molecule has 1 heterocycles. The van der Waals surface area contributed by atoms with Gasteiger partial charge < -0.3 is 14.9 Å². The highest BCUT2D eigenvalue weighted by atomic mass is 16.5. The molecule has 17 heavy (non-hydrogen) atoms. The lowest BCUT2D eigenvalue weighted by atomic mass is 10.0. The van der Waals surface area contributed by atoms with Gasteiger partial charge in [0.15, 0.2) is 0 Å². The van der Waals surface area contributed by atoms with Gasteiger partial charge in [0.05, 0.1) is 25.7 Å². The number of aliphatic hydroxyl groups excluding tert-OH is 2. The molecule has 1 aliphatic heterocycles. The average molecular weight is 245 g/mol. The SMILES string of the molecule is CCOC(=O)CC(O)CN1CCCCC1CO. The molecule has 2 N–H and O–H groups in total. The molecule has 0 amide bonds. The summed E-state index contributed by atoms with van der Waals surface area (Å²) in [6.07, 6.45) is 2.49. The van der Waals surface area contributed by atoms with Gasteiger partial charge in [-0.3, -0.25) is 9.69 Å². The van der Waals surface area contributed by atoms with Gasteiger partial charge in [-0.2, -0.15) is 0 Å². The summed E-state index contributed by atoms with van der Waals surface area (Å²) in [6.45, 7) is 3.52. The maximum atomic E-state index is 11.2. The molecule has 100 valence electrons. The zero-order chi connectivity index (χ0) is 12.7. The van der Waals surface area contributed by atoms with Crippen LogP contribution in [0, 0.1) is 0 Å². The minimum Gasteiger partial charge on any atom is -0.466 e. The van der Waals surface area contributed by atoms with Crippen LogP contribution in [0.3, 0.4) is 0 Å². The first-order chi connectivity index (χ1) is 8.17. The Hall–Kier alpha value is -0.650. The Bertz CT molecular complexity index is 235. The van der Waals surface area contributed by atoms with Gasteiger partial charge in [0.2, 0.25) is 0 Å². The van der Waals surface area contributed by atoms with Crippen LogP contribution in [0.15, 0.2) is 0 Å². The molecule has 1 saturated heterocycles. The number of nitrogens with zero attached hydrogens (tertiary/aromatic N) is 1. The molecule has 0 spiro atoms. The van der Waals surface area contributed by atoms with E-state index in [0.717, 1.165) is 25.8 Å². The summed E-state index contributed by atoms with van der Waals surface area (Å²) >= 11 is 0. The van der Waals surface area contributed by atoms with Crippen LogP contribution in [0.4, 0.5) is 0 Å². The molecule has 1 aliphatic rings. The normalized spacial score (nSPS) is 23.4. The zero-order valence-electron chi connectivity index (χ0n) is 10.5. The number of β-amino-alcohol motifs (C(OH)–C–C–N with tert-alkyl or cyclic N) is 1. The Balaban J connectivity index is 2.33. The third-order valence-corrected chi connectivity index (χ3v) is 3.11. The number of hydrogen-bond donors (Lipinski definition) is 2. The van der Waals surface area contributed by atoms with Gasteiger partial charge in [0.1, 0.15) is 0 Å². The van der Waals surface area contributed by atoms with E-state index < -0.39 is 6.10 Å². The number of rotatable bonds is 6. The van der Waals surface area contributed by atoms with Crippen molar-refractivity contribution in [1.29, 1.82) is 0 Å². The molecular weight excluding hydrogens is 222 g/mol. The molecule has 0 saturated carbocycles. The van der Waals surface area contributed by atoms with E-state index >= 15 is 0 Å². The predicted molar refractivity (Wildman–Crippen MR) is 63.6 cm³/mol. The van der Waals surface area contributed by atoms with Crippen molar-refractivity contribution in [2.24, 2.45) is 0 Å². The summed E-state index contributed by atoms with van der Waals surface area (Å²) in [4.78, 5) is 13.3. The minimum atomic E-state index is -0.707. The van der Waals surface area contributed by atoms with Crippen molar-refractivity contribution in [3.63, 3.8) is 0 Å². The first-order valence-corrected chi connectivity index (χ1v) is 6.36. The average Bonchev–Trinajstić information content (AvgIpc) is 2.29. The fraction of sp³-hybridized carbons (Fsp3) is 0.917. The van der Waals surface area contributed by atoms with Crippen molar-refractivity contribution in [1.82, 2.24) is 4.90 Å². The van der Waals surface area contributed by atoms with Gasteiger partial charge in [0, 0.05) is 12.6 Å². The number of ether oxygens (including phenoxy) is 1. The molecule has 0 aromatic rings. The second kappa shape index (κ2) is 7.63. The van der Waals surface area contributed by atoms with Gasteiger partial charge >= 0.3 is 5.97 Å². The van der Waals surface area contributed by atoms with Gasteiger partial charge in [0.25, 0.3) is 0 Å². The number of carbonyl (C=O) groups excluding carboxylic acids is 1. The first-order valence-electron chi connectivity index (χ1n) is 6.36. The van der Waals surface area contributed by atoms with Crippen LogP contribution in [0.25, 0.3) is 0 Å². The summed E-state index contributed by atoms with van der Waals surface area (Å²) in [6, 6.07) is 0.126. The van der Waals surface area contributed by atoms with Crippen molar-refractivity contribution in [3.05, 3.63) is 0 Å². The van der Waals surface area contributed by atoms with Crippen LogP contribution >= 0.6 is 0 Å². The molecule has 0 bridgehead atoms. The van der Waals surface area contributed by atoms with Crippen LogP contribution in [0.5, 0.6) is 0 Å². The molecule has 5 nitrogen and oxygen atoms in total. The monoisotopic (exact) mass is 245 g/mol. The lowest BCUT2D eigenvalue weighted by Crippen LogP contribution is -2.45. The van der Waals surface area contributed by atoms with Crippen LogP contribution in [0.1, 0.15) is 32.6 Å². The lowest BCUT2D eigenvalue weighted by Gasteiger charge is -2.35. The Kier molecular flexibility index (Phi) is 6.47. The Morgan fingerprint density at radius 1 is 1.53 bits per heavy atom. The van der Waals surface area contributed by atoms with Gasteiger partial charge in [-0.25, -0.2) is 0 Å². The number of esters is 1. The van der Waals surface area contributed by atoms with E-state index in [1.165, 1.54) is 0 Å². The largest absolute Gasteiger partial charge is 0.466 e. The van der Waals surface area contributed by atoms with E-state index in [2.05, 4.69) is 4.90 Å². The highest BCUT2D eigenvalue weighted by Crippen LogP contribution is 2.17. The predicted octanol–water partition coefficient (Wildman–Crippen LogP) is 0.147. The molecule has 1 rings (SSSR count). The molecule has 0 radical (unpaired) electrons. The van der Waals surface area contributed by atoms with E-state index in [1.54, 1.807) is 6.92 Å². The Morgan fingerprint density at radius 3 is 2.94 bits per heavy atom. The van der Waals surface area contributed by atoms with Gasteiger partial charge in [-0.1, -0.05) is 6.42 Å². The Labute approximate surface area is 102 Å². The van der Waals surface area contributed by atoms with Crippen LogP contribution in [-0.2, 0) is 9.53 Å². The highest BCUT2D eigenvalue weighted by molar-refractivity contribution is 5.69. The van der Waals surface area contributed by atoms with Crippen molar-refractivity contribution in [3.8, 4) is 0 Å². The summed E-state index contributed by atoms with van der Waals surface area (Å²) in [5.41, 5.74) is 0. The third-order valence-electron chi connectivity index (χ3n) is 3.11. The summed E-state index contributed by atoms with van der Waals surface area (Å²) in [5, 5.41) is 19.0. The second-order valence-electron chi connectivity index (χ2n) is 4.49. The highest BCUT2D eigenvalue weighted by Gasteiger charge is 2.24. The van der Waals surface area contributed by atoms with Gasteiger partial charge in [-0.05, 0) is 26.3 Å². The first kappa shape index (κ1) is 14.4. The third kappa shape index (κ3) is 5.02. The standard InChI is InChI=1S/C12H23NO4/c1-2-17-12(16)7-11(15)8-13-6-4-3-5-10(13)9-14/h10-11,14-15H,2-9H2,1H3. The van der Waals surface area contributed by atoms with Crippen LogP contribution in [0.2, 0.25) is 0 Å². The fourth-order valence-corrected chi connectivity index (χ4v) is 2.25. The number of hydrogen-bond acceptors (Lipinski definition) is 5. The van der Waals surface area contributed by atoms with E-state index in [4.69, 9.17) is 4.74 Å². The number of carbonyl (C=O) groups is 1. The summed E-state index contributed by atoms with van der Waals surface area (Å²) in [5.74, 6) is -0.363. The molecule has 0 aromatic carbocycles. The minimum absolute atomic E-state index is 0.0302. The van der Waals surface area contributed by atoms with E-state index in [1.807, 2.05) is 0 Å². The quantitative estimate of drug-likeness (QED) is 0.652. The smallest absolute Gasteiger partial charge is 0.308 e. The topological polar surface area (TPSA) is 70.0 Å². The van der Waals surface area contributed by atoms with E-state index in [0.29, 0.717) is 13.2 Å². The summed E-state index contributed by atoms with van der Waals surface area (Å²) in [7, 11) is 0. The van der Waals surface area contributed by atoms with Crippen molar-refractivity contribution in [2.75, 3.05) is 26.3 Å². The van der Waals surface area contributed by atoms with Crippen LogP contribution < -0.4 is 0 Å². The van der Waals surface area contributed by atoms with Crippen molar-refractivity contribution >= 4 is 5.97 Å². The maximum Gasteiger partial charge on any atom is 0.308 e. The maximum absolute atomic E-state index is 11.2. The molecule has 0 aromatic heterocycles. The van der Waals surface area contributed by atoms with E-state index in [9.17, 15) is 15.0 Å². The van der Waals surface area contributed by atoms with Gasteiger partial charge in [-0.15, -0.1) is 0 Å². The van der Waals surface area contributed by atoms with Crippen LogP contribution in [-0.4, -0.2) is 59.5 Å². The number of likely N-dealkylation sites (tertiary alicyclic amines) is 1. The molecule has 0 aliphatic carbocycles. The van der Waals surface area contributed by atoms with E-state index in [-0.39, 0.29) is 25.0 Å². The number of piperidine rings is 1. The molecule has 5 heteroatoms. The van der Waals surface area contributed by atoms with Crippen molar-refractivity contribution < 1.29 is 19.7 Å². The molecular formula is C12H23NO4. The number of aliphatic hydroxyl groups is 2. The second-order valence-corrected chi connectivity index (χ2v) is 4.49. The Morgan fingerprint density at radius 2 is 2.29 bits per heavy atom.